The molecule has 2 aromatic heterocycles. The van der Waals surface area contributed by atoms with Crippen LogP contribution in [-0.2, 0) is 6.42 Å². The summed E-state index contributed by atoms with van der Waals surface area (Å²) in [6.45, 7) is 8.49. The van der Waals surface area contributed by atoms with Crippen LogP contribution in [0.3, 0.4) is 0 Å². The summed E-state index contributed by atoms with van der Waals surface area (Å²) in [5.41, 5.74) is 0.706. The zero-order valence-corrected chi connectivity index (χ0v) is 12.6. The Balaban J connectivity index is 2.31. The molecule has 2 heterocycles. The molecule has 5 nitrogen and oxygen atoms in total. The second-order valence-electron chi connectivity index (χ2n) is 4.86. The van der Waals surface area contributed by atoms with Crippen LogP contribution in [0, 0.1) is 5.92 Å². The Morgan fingerprint density at radius 2 is 2.16 bits per heavy atom. The number of nitrogens with zero attached hydrogens (tertiary/aromatic N) is 3. The molecule has 0 saturated heterocycles. The third kappa shape index (κ3) is 2.94. The largest absolute Gasteiger partial charge is 0.357 e. The number of fused-ring (bicyclic) bond motifs is 1. The van der Waals surface area contributed by atoms with Crippen LogP contribution in [0.5, 0.6) is 0 Å². The summed E-state index contributed by atoms with van der Waals surface area (Å²) in [5, 5.41) is 8.40. The molecule has 0 amide bonds. The lowest BCUT2D eigenvalue weighted by Gasteiger charge is -2.18. The van der Waals surface area contributed by atoms with Gasteiger partial charge >= 0.3 is 0 Å². The van der Waals surface area contributed by atoms with Gasteiger partial charge in [0.15, 0.2) is 0 Å². The van der Waals surface area contributed by atoms with Crippen molar-refractivity contribution in [3.63, 3.8) is 0 Å². The van der Waals surface area contributed by atoms with Crippen molar-refractivity contribution < 1.29 is 0 Å². The number of aromatic nitrogens is 3. The van der Waals surface area contributed by atoms with E-state index in [4.69, 9.17) is 0 Å². The molecular weight excluding hydrogens is 260 g/mol. The van der Waals surface area contributed by atoms with E-state index >= 15 is 0 Å². The van der Waals surface area contributed by atoms with Crippen molar-refractivity contribution >= 4 is 21.4 Å². The normalized spacial score (nSPS) is 14.5. The Labute approximate surface area is 116 Å². The molecule has 0 fully saturated rings. The summed E-state index contributed by atoms with van der Waals surface area (Å²) in [7, 11) is 0. The van der Waals surface area contributed by atoms with E-state index in [0.717, 1.165) is 23.7 Å². The van der Waals surface area contributed by atoms with E-state index in [2.05, 4.69) is 36.2 Å². The predicted octanol–water partition coefficient (Wildman–Crippen LogP) is 2.56. The number of rotatable bonds is 5. The van der Waals surface area contributed by atoms with Crippen LogP contribution in [0.1, 0.15) is 39.8 Å². The summed E-state index contributed by atoms with van der Waals surface area (Å²) in [6, 6.07) is 1.88. The monoisotopic (exact) mass is 280 g/mol. The first-order valence-corrected chi connectivity index (χ1v) is 7.53. The van der Waals surface area contributed by atoms with Crippen molar-refractivity contribution in [2.24, 2.45) is 5.92 Å². The van der Waals surface area contributed by atoms with Crippen LogP contribution in [0.25, 0.3) is 4.96 Å². The van der Waals surface area contributed by atoms with Crippen molar-refractivity contribution in [3.05, 3.63) is 22.1 Å². The maximum absolute atomic E-state index is 11.9. The molecule has 0 aliphatic carbocycles. The van der Waals surface area contributed by atoms with Crippen LogP contribution in [0.15, 0.2) is 10.9 Å². The van der Waals surface area contributed by atoms with Crippen LogP contribution in [-0.4, -0.2) is 20.6 Å². The van der Waals surface area contributed by atoms with Crippen molar-refractivity contribution in [1.82, 2.24) is 14.6 Å². The highest BCUT2D eigenvalue weighted by atomic mass is 32.1. The van der Waals surface area contributed by atoms with Gasteiger partial charge in [-0.2, -0.15) is 4.52 Å². The van der Waals surface area contributed by atoms with Crippen molar-refractivity contribution in [1.29, 1.82) is 0 Å². The van der Waals surface area contributed by atoms with Crippen LogP contribution in [0.4, 0.5) is 5.13 Å². The van der Waals surface area contributed by atoms with E-state index < -0.39 is 0 Å². The van der Waals surface area contributed by atoms with E-state index in [1.54, 1.807) is 6.07 Å². The molecule has 0 aliphatic rings. The van der Waals surface area contributed by atoms with Gasteiger partial charge in [0.1, 0.15) is 0 Å². The molecular formula is C13H20N4OS. The van der Waals surface area contributed by atoms with Gasteiger partial charge in [0, 0.05) is 17.8 Å². The fraction of sp³-hybridized carbons (Fsp3) is 0.615. The summed E-state index contributed by atoms with van der Waals surface area (Å²) >= 11 is 1.43. The maximum atomic E-state index is 11.9. The highest BCUT2D eigenvalue weighted by molar-refractivity contribution is 7.20. The van der Waals surface area contributed by atoms with Gasteiger partial charge in [-0.25, -0.2) is 4.98 Å². The molecule has 19 heavy (non-hydrogen) atoms. The Hall–Kier alpha value is -1.43. The second-order valence-corrected chi connectivity index (χ2v) is 5.82. The van der Waals surface area contributed by atoms with Crippen LogP contribution in [0.2, 0.25) is 0 Å². The smallest absolute Gasteiger partial charge is 0.275 e. The third-order valence-electron chi connectivity index (χ3n) is 3.51. The minimum absolute atomic E-state index is 0.109. The minimum atomic E-state index is -0.109. The first-order chi connectivity index (χ1) is 9.05. The average Bonchev–Trinajstić information content (AvgIpc) is 2.80. The molecule has 2 rings (SSSR count). The molecule has 0 saturated carbocycles. The average molecular weight is 280 g/mol. The Morgan fingerprint density at radius 1 is 1.42 bits per heavy atom. The molecule has 0 spiro atoms. The quantitative estimate of drug-likeness (QED) is 0.914. The van der Waals surface area contributed by atoms with Gasteiger partial charge in [-0.15, -0.1) is 5.10 Å². The van der Waals surface area contributed by atoms with E-state index in [1.165, 1.54) is 15.9 Å². The van der Waals surface area contributed by atoms with Crippen LogP contribution < -0.4 is 10.9 Å². The molecule has 0 radical (unpaired) electrons. The van der Waals surface area contributed by atoms with E-state index in [-0.39, 0.29) is 5.56 Å². The standard InChI is InChI=1S/C13H20N4OS/c1-5-8(3)9(4)14-12-16-17-11(18)7-10(6-2)15-13(17)19-12/h7-9H,5-6H2,1-4H3,(H,14,16). The molecule has 0 aromatic carbocycles. The van der Waals surface area contributed by atoms with Gasteiger partial charge < -0.3 is 5.32 Å². The number of nitrogens with one attached hydrogen (secondary N) is 1. The van der Waals surface area contributed by atoms with Crippen LogP contribution >= 0.6 is 11.3 Å². The maximum Gasteiger partial charge on any atom is 0.275 e. The molecule has 0 bridgehead atoms. The van der Waals surface area contributed by atoms with Gasteiger partial charge in [-0.3, -0.25) is 4.79 Å². The minimum Gasteiger partial charge on any atom is -0.357 e. The molecule has 104 valence electrons. The van der Waals surface area contributed by atoms with Crippen molar-refractivity contribution in [2.45, 2.75) is 46.6 Å². The fourth-order valence-electron chi connectivity index (χ4n) is 1.79. The lowest BCUT2D eigenvalue weighted by molar-refractivity contribution is 0.494. The molecule has 1 N–H and O–H groups in total. The Kier molecular flexibility index (Phi) is 4.19. The second kappa shape index (κ2) is 5.69. The number of anilines is 1. The number of aryl methyl sites for hydroxylation is 1. The first kappa shape index (κ1) is 14.0. The molecule has 6 heteroatoms. The lowest BCUT2D eigenvalue weighted by Crippen LogP contribution is -2.23. The lowest BCUT2D eigenvalue weighted by atomic mass is 10.0. The van der Waals surface area contributed by atoms with Gasteiger partial charge in [0.05, 0.1) is 0 Å². The van der Waals surface area contributed by atoms with Crippen molar-refractivity contribution in [2.75, 3.05) is 5.32 Å². The van der Waals surface area contributed by atoms with E-state index in [9.17, 15) is 4.79 Å². The summed E-state index contributed by atoms with van der Waals surface area (Å²) in [4.78, 5) is 17.0. The summed E-state index contributed by atoms with van der Waals surface area (Å²) in [6.07, 6.45) is 1.87. The van der Waals surface area contributed by atoms with Gasteiger partial charge in [-0.05, 0) is 19.3 Å². The predicted molar refractivity (Wildman–Crippen MR) is 79.1 cm³/mol. The zero-order chi connectivity index (χ0) is 14.0. The highest BCUT2D eigenvalue weighted by Crippen LogP contribution is 2.20. The Morgan fingerprint density at radius 3 is 2.79 bits per heavy atom. The topological polar surface area (TPSA) is 59.3 Å². The van der Waals surface area contributed by atoms with E-state index in [0.29, 0.717) is 16.9 Å². The van der Waals surface area contributed by atoms with E-state index in [1.807, 2.05) is 6.92 Å². The SMILES string of the molecule is CCc1cc(=O)n2nc(NC(C)C(C)CC)sc2n1. The third-order valence-corrected chi connectivity index (χ3v) is 4.35. The van der Waals surface area contributed by atoms with Gasteiger partial charge in [-0.1, -0.05) is 38.5 Å². The summed E-state index contributed by atoms with van der Waals surface area (Å²) < 4.78 is 1.37. The molecule has 2 unspecified atom stereocenters. The van der Waals surface area contributed by atoms with Crippen molar-refractivity contribution in [3.8, 4) is 0 Å². The fourth-order valence-corrected chi connectivity index (χ4v) is 2.71. The Bertz CT molecular complexity index is 619. The molecule has 0 aliphatic heterocycles. The molecule has 2 aromatic rings. The zero-order valence-electron chi connectivity index (χ0n) is 11.8. The summed E-state index contributed by atoms with van der Waals surface area (Å²) in [5.74, 6) is 0.558. The van der Waals surface area contributed by atoms with Gasteiger partial charge in [0.25, 0.3) is 5.56 Å². The number of hydrogen-bond acceptors (Lipinski definition) is 5. The number of hydrogen-bond donors (Lipinski definition) is 1. The first-order valence-electron chi connectivity index (χ1n) is 6.71. The highest BCUT2D eigenvalue weighted by Gasteiger charge is 2.13. The molecule has 2 atom stereocenters. The van der Waals surface area contributed by atoms with Gasteiger partial charge in [0.2, 0.25) is 10.1 Å².